The topological polar surface area (TPSA) is 171 Å². The molecule has 13 nitrogen and oxygen atoms in total. The van der Waals surface area contributed by atoms with Gasteiger partial charge >= 0.3 is 5.69 Å². The normalized spacial score (nSPS) is 14.1. The Labute approximate surface area is 204 Å². The molecule has 4 heterocycles. The molecule has 0 saturated carbocycles. The summed E-state index contributed by atoms with van der Waals surface area (Å²) < 4.78 is 2.72. The number of nitrogens with zero attached hydrogens (tertiary/aromatic N) is 4. The van der Waals surface area contributed by atoms with Crippen LogP contribution < -0.4 is 21.8 Å². The molecule has 0 spiro atoms. The van der Waals surface area contributed by atoms with Crippen LogP contribution in [-0.4, -0.2) is 65.5 Å². The van der Waals surface area contributed by atoms with Gasteiger partial charge in [0.1, 0.15) is 6.04 Å². The van der Waals surface area contributed by atoms with Crippen LogP contribution in [0.2, 0.25) is 0 Å². The fourth-order valence-electron chi connectivity index (χ4n) is 4.24. The second-order valence-electron chi connectivity index (χ2n) is 8.74. The molecular formula is C23H27N7O6. The van der Waals surface area contributed by atoms with Crippen LogP contribution in [0.3, 0.4) is 0 Å². The standard InChI is InChI=1S/C23H27N7O6/c1-4-15(25-20(33)14-6-5-7-30-19(14)26-27-23(30)36)21(34)24-11-13-10-16(31)18(32)17-22(35)28(12(2)3)8-9-29(13)17/h5-7,10,12,15,32H,4,8-9,11H2,1-3H3,(H,24,34)(H,25,33)(H,27,36). The van der Waals surface area contributed by atoms with Crippen molar-refractivity contribution >= 4 is 23.4 Å². The Morgan fingerprint density at radius 2 is 1.97 bits per heavy atom. The summed E-state index contributed by atoms with van der Waals surface area (Å²) in [5, 5.41) is 21.7. The first-order valence-corrected chi connectivity index (χ1v) is 11.5. The lowest BCUT2D eigenvalue weighted by molar-refractivity contribution is -0.123. The Balaban J connectivity index is 1.51. The molecule has 0 aromatic carbocycles. The smallest absolute Gasteiger partial charge is 0.347 e. The van der Waals surface area contributed by atoms with Crippen LogP contribution in [0.15, 0.2) is 34.0 Å². The maximum atomic E-state index is 12.9. The van der Waals surface area contributed by atoms with E-state index in [9.17, 15) is 29.1 Å². The minimum absolute atomic E-state index is 0.0903. The Kier molecular flexibility index (Phi) is 6.64. The number of hydrogen-bond donors (Lipinski definition) is 4. The predicted octanol–water partition coefficient (Wildman–Crippen LogP) is -0.421. The quantitative estimate of drug-likeness (QED) is 0.343. The van der Waals surface area contributed by atoms with Gasteiger partial charge in [-0.05, 0) is 32.4 Å². The third-order valence-corrected chi connectivity index (χ3v) is 6.19. The van der Waals surface area contributed by atoms with E-state index >= 15 is 0 Å². The number of fused-ring (bicyclic) bond motifs is 2. The Morgan fingerprint density at radius 1 is 1.22 bits per heavy atom. The van der Waals surface area contributed by atoms with E-state index < -0.39 is 40.6 Å². The van der Waals surface area contributed by atoms with Gasteiger partial charge in [0.25, 0.3) is 11.8 Å². The molecule has 4 N–H and O–H groups in total. The molecule has 3 amide bonds. The molecule has 0 bridgehead atoms. The van der Waals surface area contributed by atoms with E-state index in [4.69, 9.17) is 0 Å². The Morgan fingerprint density at radius 3 is 2.67 bits per heavy atom. The monoisotopic (exact) mass is 497 g/mol. The van der Waals surface area contributed by atoms with Crippen molar-refractivity contribution in [3.8, 4) is 5.75 Å². The number of carbonyl (C=O) groups excluding carboxylic acids is 3. The van der Waals surface area contributed by atoms with E-state index in [0.29, 0.717) is 18.8 Å². The fraction of sp³-hybridized carbons (Fsp3) is 0.391. The molecule has 0 saturated heterocycles. The molecule has 13 heteroatoms. The van der Waals surface area contributed by atoms with Crippen molar-refractivity contribution in [2.75, 3.05) is 6.54 Å². The zero-order valence-corrected chi connectivity index (χ0v) is 20.1. The number of hydrogen-bond acceptors (Lipinski definition) is 7. The zero-order valence-electron chi connectivity index (χ0n) is 20.1. The lowest BCUT2D eigenvalue weighted by Crippen LogP contribution is -2.48. The van der Waals surface area contributed by atoms with Gasteiger partial charge in [-0.3, -0.25) is 19.2 Å². The van der Waals surface area contributed by atoms with Gasteiger partial charge in [-0.1, -0.05) is 6.92 Å². The number of H-pyrrole nitrogens is 1. The average Bonchev–Trinajstić information content (AvgIpc) is 3.24. The molecule has 1 aliphatic heterocycles. The first-order valence-electron chi connectivity index (χ1n) is 11.5. The predicted molar refractivity (Wildman–Crippen MR) is 128 cm³/mol. The molecule has 36 heavy (non-hydrogen) atoms. The second kappa shape index (κ2) is 9.68. The number of aromatic hydroxyl groups is 1. The van der Waals surface area contributed by atoms with Crippen LogP contribution in [0, 0.1) is 0 Å². The van der Waals surface area contributed by atoms with Gasteiger partial charge in [-0.25, -0.2) is 14.3 Å². The van der Waals surface area contributed by atoms with E-state index in [2.05, 4.69) is 20.8 Å². The minimum Gasteiger partial charge on any atom is -0.503 e. The van der Waals surface area contributed by atoms with Gasteiger partial charge in [0.2, 0.25) is 11.3 Å². The van der Waals surface area contributed by atoms with Crippen molar-refractivity contribution in [2.24, 2.45) is 0 Å². The highest BCUT2D eigenvalue weighted by Gasteiger charge is 2.31. The lowest BCUT2D eigenvalue weighted by atomic mass is 10.1. The maximum Gasteiger partial charge on any atom is 0.347 e. The molecule has 190 valence electrons. The number of rotatable bonds is 7. The van der Waals surface area contributed by atoms with Gasteiger partial charge < -0.3 is 25.2 Å². The Bertz CT molecular complexity index is 1470. The average molecular weight is 498 g/mol. The molecule has 4 rings (SSSR count). The molecule has 1 unspecified atom stereocenters. The molecule has 0 aliphatic carbocycles. The van der Waals surface area contributed by atoms with Crippen molar-refractivity contribution in [1.82, 2.24) is 34.7 Å². The van der Waals surface area contributed by atoms with Crippen LogP contribution in [-0.2, 0) is 17.9 Å². The van der Waals surface area contributed by atoms with Crippen LogP contribution in [0.5, 0.6) is 5.75 Å². The summed E-state index contributed by atoms with van der Waals surface area (Å²) in [5.74, 6) is -2.16. The highest BCUT2D eigenvalue weighted by molar-refractivity contribution is 6.02. The summed E-state index contributed by atoms with van der Waals surface area (Å²) in [6, 6.07) is 3.18. The molecule has 1 atom stereocenters. The molecule has 1 aliphatic rings. The van der Waals surface area contributed by atoms with Gasteiger partial charge in [0.15, 0.2) is 17.1 Å². The molecule has 3 aromatic rings. The fourth-order valence-corrected chi connectivity index (χ4v) is 4.24. The maximum absolute atomic E-state index is 12.9. The summed E-state index contributed by atoms with van der Waals surface area (Å²) in [4.78, 5) is 64.3. The number of carbonyl (C=O) groups is 3. The van der Waals surface area contributed by atoms with Crippen LogP contribution in [0.1, 0.15) is 53.7 Å². The third kappa shape index (κ3) is 4.34. The largest absolute Gasteiger partial charge is 0.503 e. The number of aromatic amines is 1. The molecule has 0 radical (unpaired) electrons. The highest BCUT2D eigenvalue weighted by Crippen LogP contribution is 2.22. The van der Waals surface area contributed by atoms with Gasteiger partial charge in [-0.15, -0.1) is 0 Å². The first kappa shape index (κ1) is 24.7. The second-order valence-corrected chi connectivity index (χ2v) is 8.74. The van der Waals surface area contributed by atoms with Gasteiger partial charge in [0.05, 0.1) is 12.1 Å². The SMILES string of the molecule is CCC(NC(=O)c1cccn2c(=O)[nH]nc12)C(=O)NCc1cc(=O)c(O)c2n1CCN(C(C)C)C2=O. The lowest BCUT2D eigenvalue weighted by Gasteiger charge is -2.34. The van der Waals surface area contributed by atoms with E-state index in [-0.39, 0.29) is 35.9 Å². The summed E-state index contributed by atoms with van der Waals surface area (Å²) in [7, 11) is 0. The number of pyridine rings is 2. The first-order chi connectivity index (χ1) is 17.1. The van der Waals surface area contributed by atoms with Crippen molar-refractivity contribution < 1.29 is 19.5 Å². The third-order valence-electron chi connectivity index (χ3n) is 6.19. The summed E-state index contributed by atoms with van der Waals surface area (Å²) >= 11 is 0. The summed E-state index contributed by atoms with van der Waals surface area (Å²) in [6.45, 7) is 6.05. The van der Waals surface area contributed by atoms with Crippen LogP contribution in [0.25, 0.3) is 5.65 Å². The van der Waals surface area contributed by atoms with E-state index in [1.165, 1.54) is 33.4 Å². The van der Waals surface area contributed by atoms with E-state index in [0.717, 1.165) is 0 Å². The highest BCUT2D eigenvalue weighted by atomic mass is 16.3. The number of amides is 3. The number of nitrogens with one attached hydrogen (secondary N) is 3. The van der Waals surface area contributed by atoms with E-state index in [1.807, 2.05) is 13.8 Å². The van der Waals surface area contributed by atoms with E-state index in [1.54, 1.807) is 11.8 Å². The molecular weight excluding hydrogens is 470 g/mol. The van der Waals surface area contributed by atoms with Gasteiger partial charge in [0, 0.05) is 37.1 Å². The zero-order chi connectivity index (χ0) is 26.1. The molecule has 0 fully saturated rings. The Hall–Kier alpha value is -4.42. The van der Waals surface area contributed by atoms with Crippen molar-refractivity contribution in [2.45, 2.75) is 52.4 Å². The molecule has 3 aromatic heterocycles. The van der Waals surface area contributed by atoms with Crippen LogP contribution >= 0.6 is 0 Å². The van der Waals surface area contributed by atoms with Crippen molar-refractivity contribution in [1.29, 1.82) is 0 Å². The number of aromatic nitrogens is 4. The van der Waals surface area contributed by atoms with Gasteiger partial charge in [-0.2, -0.15) is 5.10 Å². The summed E-state index contributed by atoms with van der Waals surface area (Å²) in [5.41, 5.74) is -0.701. The van der Waals surface area contributed by atoms with Crippen molar-refractivity contribution in [3.05, 3.63) is 62.1 Å². The van der Waals surface area contributed by atoms with Crippen LogP contribution in [0.4, 0.5) is 0 Å². The summed E-state index contributed by atoms with van der Waals surface area (Å²) in [6.07, 6.45) is 1.73. The van der Waals surface area contributed by atoms with Crippen molar-refractivity contribution in [3.63, 3.8) is 0 Å². The minimum atomic E-state index is -0.911.